The quantitative estimate of drug-likeness (QED) is 0.171. The molecule has 0 radical (unpaired) electrons. The van der Waals surface area contributed by atoms with Crippen LogP contribution in [0.3, 0.4) is 0 Å². The fourth-order valence-electron chi connectivity index (χ4n) is 3.92. The number of phenolic OH excluding ortho intramolecular Hbond substituents is 1. The second-order valence-electron chi connectivity index (χ2n) is 10.2. The Morgan fingerprint density at radius 2 is 1.51 bits per heavy atom. The molecule has 5 atom stereocenters. The number of amides is 3. The first-order valence-electron chi connectivity index (χ1n) is 13.1. The van der Waals surface area contributed by atoms with Gasteiger partial charge in [-0.1, -0.05) is 46.2 Å². The van der Waals surface area contributed by atoms with Crippen molar-refractivity contribution >= 4 is 23.7 Å². The lowest BCUT2D eigenvalue weighted by atomic mass is 9.97. The Bertz CT molecular complexity index is 1090. The van der Waals surface area contributed by atoms with E-state index in [1.165, 1.54) is 24.7 Å². The number of nitrogens with two attached hydrogens (primary N) is 1. The van der Waals surface area contributed by atoms with Gasteiger partial charge in [0.05, 0.1) is 12.4 Å². The molecule has 0 aliphatic rings. The average Bonchev–Trinajstić information content (AvgIpc) is 3.40. The monoisotopic (exact) mass is 544 g/mol. The van der Waals surface area contributed by atoms with Crippen LogP contribution in [0.15, 0.2) is 36.8 Å². The average molecular weight is 545 g/mol. The molecule has 3 amide bonds. The number of imidazole rings is 1. The molecule has 0 spiro atoms. The number of phenols is 1. The van der Waals surface area contributed by atoms with Gasteiger partial charge in [0.2, 0.25) is 17.7 Å². The molecule has 0 aliphatic carbocycles. The Morgan fingerprint density at radius 1 is 0.923 bits per heavy atom. The molecule has 39 heavy (non-hydrogen) atoms. The van der Waals surface area contributed by atoms with Gasteiger partial charge in [0, 0.05) is 24.7 Å². The second kappa shape index (κ2) is 14.9. The number of carboxylic acid groups (broad SMARTS) is 1. The van der Waals surface area contributed by atoms with Gasteiger partial charge >= 0.3 is 5.97 Å². The maximum Gasteiger partial charge on any atom is 0.326 e. The summed E-state index contributed by atoms with van der Waals surface area (Å²) in [5.74, 6) is -3.04. The van der Waals surface area contributed by atoms with Crippen molar-refractivity contribution < 1.29 is 29.4 Å². The number of aromatic hydroxyl groups is 1. The van der Waals surface area contributed by atoms with Crippen LogP contribution < -0.4 is 21.7 Å². The SMILES string of the molecule is CCC(C)C(N)C(=O)NC(CC(C)C)C(=O)NC(Cc1ccc(O)cc1)C(=O)NC(Cc1cnc[nH]1)C(=O)O. The van der Waals surface area contributed by atoms with Gasteiger partial charge in [-0.2, -0.15) is 0 Å². The number of aromatic nitrogens is 2. The molecule has 0 bridgehead atoms. The van der Waals surface area contributed by atoms with Gasteiger partial charge in [-0.15, -0.1) is 0 Å². The molecule has 0 aliphatic heterocycles. The number of rotatable bonds is 15. The molecule has 2 rings (SSSR count). The highest BCUT2D eigenvalue weighted by molar-refractivity contribution is 5.94. The summed E-state index contributed by atoms with van der Waals surface area (Å²) < 4.78 is 0. The largest absolute Gasteiger partial charge is 0.508 e. The van der Waals surface area contributed by atoms with E-state index >= 15 is 0 Å². The molecular weight excluding hydrogens is 504 g/mol. The Balaban J connectivity index is 2.26. The molecule has 5 unspecified atom stereocenters. The standard InChI is InChI=1S/C27H40N6O6/c1-5-16(4)23(28)26(37)32-20(10-15(2)3)24(35)31-21(11-17-6-8-19(34)9-7-17)25(36)33-22(27(38)39)12-18-13-29-14-30-18/h6-9,13-16,20-23,34H,5,10-12,28H2,1-4H3,(H,29,30)(H,31,35)(H,32,37)(H,33,36)(H,38,39). The van der Waals surface area contributed by atoms with E-state index in [4.69, 9.17) is 5.73 Å². The summed E-state index contributed by atoms with van der Waals surface area (Å²) in [6.07, 6.45) is 3.83. The zero-order valence-corrected chi connectivity index (χ0v) is 22.8. The van der Waals surface area contributed by atoms with Gasteiger partial charge in [-0.25, -0.2) is 9.78 Å². The fraction of sp³-hybridized carbons (Fsp3) is 0.519. The highest BCUT2D eigenvalue weighted by atomic mass is 16.4. The Morgan fingerprint density at radius 3 is 2.05 bits per heavy atom. The van der Waals surface area contributed by atoms with Crippen molar-refractivity contribution in [1.29, 1.82) is 0 Å². The van der Waals surface area contributed by atoms with Crippen molar-refractivity contribution in [1.82, 2.24) is 25.9 Å². The molecule has 214 valence electrons. The zero-order valence-electron chi connectivity index (χ0n) is 22.8. The van der Waals surface area contributed by atoms with Crippen molar-refractivity contribution in [3.05, 3.63) is 48.0 Å². The molecule has 8 N–H and O–H groups in total. The van der Waals surface area contributed by atoms with Crippen LogP contribution in [0.25, 0.3) is 0 Å². The normalized spacial score (nSPS) is 15.0. The molecule has 12 nitrogen and oxygen atoms in total. The first-order chi connectivity index (χ1) is 18.4. The molecular formula is C27H40N6O6. The lowest BCUT2D eigenvalue weighted by Gasteiger charge is -2.27. The highest BCUT2D eigenvalue weighted by Crippen LogP contribution is 2.13. The van der Waals surface area contributed by atoms with E-state index in [1.54, 1.807) is 12.1 Å². The van der Waals surface area contributed by atoms with E-state index in [2.05, 4.69) is 25.9 Å². The molecule has 1 aromatic carbocycles. The number of carbonyl (C=O) groups is 4. The van der Waals surface area contributed by atoms with Gasteiger partial charge in [0.15, 0.2) is 0 Å². The van der Waals surface area contributed by atoms with Crippen LogP contribution in [0.4, 0.5) is 0 Å². The van der Waals surface area contributed by atoms with Crippen LogP contribution in [-0.2, 0) is 32.0 Å². The molecule has 0 saturated carbocycles. The smallest absolute Gasteiger partial charge is 0.326 e. The van der Waals surface area contributed by atoms with E-state index < -0.39 is 47.9 Å². The number of aromatic amines is 1. The number of hydrogen-bond acceptors (Lipinski definition) is 7. The molecule has 1 aromatic heterocycles. The molecule has 2 aromatic rings. The van der Waals surface area contributed by atoms with Crippen LogP contribution in [0.2, 0.25) is 0 Å². The maximum absolute atomic E-state index is 13.4. The molecule has 12 heteroatoms. The number of aliphatic carboxylic acids is 1. The number of hydrogen-bond donors (Lipinski definition) is 7. The number of benzene rings is 1. The van der Waals surface area contributed by atoms with Crippen LogP contribution >= 0.6 is 0 Å². The minimum atomic E-state index is -1.28. The number of nitrogens with one attached hydrogen (secondary N) is 4. The first kappa shape index (κ1) is 31.3. The highest BCUT2D eigenvalue weighted by Gasteiger charge is 2.31. The van der Waals surface area contributed by atoms with Crippen LogP contribution in [-0.4, -0.2) is 68.0 Å². The van der Waals surface area contributed by atoms with E-state index in [9.17, 15) is 29.4 Å². The molecule has 1 heterocycles. The summed E-state index contributed by atoms with van der Waals surface area (Å²) in [5, 5.41) is 27.2. The summed E-state index contributed by atoms with van der Waals surface area (Å²) in [4.78, 5) is 58.0. The van der Waals surface area contributed by atoms with Gasteiger partial charge in [0.25, 0.3) is 0 Å². The summed E-state index contributed by atoms with van der Waals surface area (Å²) >= 11 is 0. The van der Waals surface area contributed by atoms with E-state index in [-0.39, 0.29) is 30.4 Å². The van der Waals surface area contributed by atoms with Crippen LogP contribution in [0, 0.1) is 11.8 Å². The summed E-state index contributed by atoms with van der Waals surface area (Å²) in [6, 6.07) is 1.89. The van der Waals surface area contributed by atoms with Gasteiger partial charge < -0.3 is 36.9 Å². The summed E-state index contributed by atoms with van der Waals surface area (Å²) in [6.45, 7) is 7.56. The second-order valence-corrected chi connectivity index (χ2v) is 10.2. The van der Waals surface area contributed by atoms with E-state index in [0.29, 0.717) is 24.1 Å². The lowest BCUT2D eigenvalue weighted by molar-refractivity contribution is -0.142. The molecule has 0 saturated heterocycles. The van der Waals surface area contributed by atoms with E-state index in [0.717, 1.165) is 0 Å². The lowest BCUT2D eigenvalue weighted by Crippen LogP contribution is -2.58. The predicted molar refractivity (Wildman–Crippen MR) is 144 cm³/mol. The minimum Gasteiger partial charge on any atom is -0.508 e. The van der Waals surface area contributed by atoms with Crippen molar-refractivity contribution in [2.45, 2.75) is 77.5 Å². The third kappa shape index (κ3) is 10.0. The minimum absolute atomic E-state index is 0.0168. The third-order valence-corrected chi connectivity index (χ3v) is 6.50. The number of carbonyl (C=O) groups excluding carboxylic acids is 3. The van der Waals surface area contributed by atoms with Crippen molar-refractivity contribution in [3.63, 3.8) is 0 Å². The van der Waals surface area contributed by atoms with Gasteiger partial charge in [0.1, 0.15) is 23.9 Å². The maximum atomic E-state index is 13.4. The number of H-pyrrole nitrogens is 1. The van der Waals surface area contributed by atoms with Gasteiger partial charge in [-0.05, 0) is 36.0 Å². The number of carboxylic acids is 1. The Labute approximate surface area is 228 Å². The summed E-state index contributed by atoms with van der Waals surface area (Å²) in [7, 11) is 0. The topological polar surface area (TPSA) is 200 Å². The van der Waals surface area contributed by atoms with Crippen LogP contribution in [0.5, 0.6) is 5.75 Å². The van der Waals surface area contributed by atoms with Crippen LogP contribution in [0.1, 0.15) is 51.8 Å². The van der Waals surface area contributed by atoms with Crippen molar-refractivity contribution in [3.8, 4) is 5.75 Å². The zero-order chi connectivity index (χ0) is 29.1. The molecule has 0 fully saturated rings. The number of nitrogens with zero attached hydrogens (tertiary/aromatic N) is 1. The van der Waals surface area contributed by atoms with Crippen molar-refractivity contribution in [2.24, 2.45) is 17.6 Å². The van der Waals surface area contributed by atoms with Crippen molar-refractivity contribution in [2.75, 3.05) is 0 Å². The Kier molecular flexibility index (Phi) is 11.9. The third-order valence-electron chi connectivity index (χ3n) is 6.50. The fourth-order valence-corrected chi connectivity index (χ4v) is 3.92. The van der Waals surface area contributed by atoms with E-state index in [1.807, 2.05) is 27.7 Å². The van der Waals surface area contributed by atoms with Gasteiger partial charge in [-0.3, -0.25) is 14.4 Å². The Hall–Kier alpha value is -3.93. The first-order valence-corrected chi connectivity index (χ1v) is 13.1. The summed E-state index contributed by atoms with van der Waals surface area (Å²) in [5.41, 5.74) is 7.20. The predicted octanol–water partition coefficient (Wildman–Crippen LogP) is 0.859.